The number of nitrogens with zero attached hydrogens (tertiary/aromatic N) is 1. The Labute approximate surface area is 106 Å². The molecule has 0 saturated carbocycles. The van der Waals surface area contributed by atoms with E-state index >= 15 is 0 Å². The molecule has 1 aromatic heterocycles. The highest BCUT2D eigenvalue weighted by molar-refractivity contribution is 5.93. The first-order valence-corrected chi connectivity index (χ1v) is 5.75. The number of ether oxygens (including phenoxy) is 2. The van der Waals surface area contributed by atoms with E-state index in [4.69, 9.17) is 15.2 Å². The van der Waals surface area contributed by atoms with Gasteiger partial charge in [0.05, 0.1) is 19.7 Å². The van der Waals surface area contributed by atoms with E-state index < -0.39 is 0 Å². The smallest absolute Gasteiger partial charge is 0.162 e. The minimum absolute atomic E-state index is 0.580. The minimum atomic E-state index is 0.580. The van der Waals surface area contributed by atoms with Gasteiger partial charge in [-0.2, -0.15) is 0 Å². The molecule has 0 fully saturated rings. The van der Waals surface area contributed by atoms with Gasteiger partial charge in [-0.05, 0) is 12.1 Å². The van der Waals surface area contributed by atoms with Gasteiger partial charge in [0.25, 0.3) is 0 Å². The maximum Gasteiger partial charge on any atom is 0.162 e. The summed E-state index contributed by atoms with van der Waals surface area (Å²) in [6.07, 6.45) is 1.76. The maximum absolute atomic E-state index is 5.50. The summed E-state index contributed by atoms with van der Waals surface area (Å²) in [6.45, 7) is 1.30. The molecule has 0 aliphatic rings. The summed E-state index contributed by atoms with van der Waals surface area (Å²) in [7, 11) is 3.23. The summed E-state index contributed by atoms with van der Waals surface area (Å²) in [6, 6.07) is 5.70. The van der Waals surface area contributed by atoms with Crippen molar-refractivity contribution in [1.82, 2.24) is 4.98 Å². The number of anilines is 1. The molecule has 0 unspecified atom stereocenters. The number of aromatic nitrogens is 1. The first kappa shape index (κ1) is 12.4. The van der Waals surface area contributed by atoms with Gasteiger partial charge in [-0.3, -0.25) is 4.98 Å². The topological polar surface area (TPSA) is 69.4 Å². The molecular formula is C13H17N3O2. The number of nitrogens with two attached hydrogens (primary N) is 1. The van der Waals surface area contributed by atoms with Crippen molar-refractivity contribution in [3.63, 3.8) is 0 Å². The molecule has 5 nitrogen and oxygen atoms in total. The third kappa shape index (κ3) is 2.31. The van der Waals surface area contributed by atoms with E-state index in [1.54, 1.807) is 20.4 Å². The van der Waals surface area contributed by atoms with Gasteiger partial charge in [0, 0.05) is 36.4 Å². The zero-order valence-electron chi connectivity index (χ0n) is 10.6. The molecule has 0 aliphatic carbocycles. The van der Waals surface area contributed by atoms with Crippen molar-refractivity contribution < 1.29 is 9.47 Å². The van der Waals surface area contributed by atoms with E-state index in [0.29, 0.717) is 24.6 Å². The van der Waals surface area contributed by atoms with Crippen molar-refractivity contribution in [2.45, 2.75) is 0 Å². The molecule has 0 saturated heterocycles. The lowest BCUT2D eigenvalue weighted by atomic mass is 10.1. The van der Waals surface area contributed by atoms with Gasteiger partial charge in [0.15, 0.2) is 11.5 Å². The van der Waals surface area contributed by atoms with E-state index in [2.05, 4.69) is 10.3 Å². The highest BCUT2D eigenvalue weighted by Gasteiger charge is 2.09. The van der Waals surface area contributed by atoms with Crippen LogP contribution in [0.5, 0.6) is 11.5 Å². The number of rotatable bonds is 5. The molecule has 1 heterocycles. The van der Waals surface area contributed by atoms with Crippen LogP contribution in [0.4, 0.5) is 5.69 Å². The van der Waals surface area contributed by atoms with Crippen LogP contribution in [0, 0.1) is 0 Å². The van der Waals surface area contributed by atoms with Crippen molar-refractivity contribution in [3.05, 3.63) is 24.4 Å². The SMILES string of the molecule is COc1cc2nccc(NCCN)c2cc1OC. The first-order chi connectivity index (χ1) is 8.80. The second kappa shape index (κ2) is 5.55. The lowest BCUT2D eigenvalue weighted by Gasteiger charge is -2.12. The lowest BCUT2D eigenvalue weighted by molar-refractivity contribution is 0.356. The average molecular weight is 247 g/mol. The highest BCUT2D eigenvalue weighted by atomic mass is 16.5. The van der Waals surface area contributed by atoms with Gasteiger partial charge >= 0.3 is 0 Å². The van der Waals surface area contributed by atoms with Gasteiger partial charge in [0.1, 0.15) is 0 Å². The van der Waals surface area contributed by atoms with Gasteiger partial charge in [-0.25, -0.2) is 0 Å². The largest absolute Gasteiger partial charge is 0.493 e. The molecular weight excluding hydrogens is 230 g/mol. The lowest BCUT2D eigenvalue weighted by Crippen LogP contribution is -2.13. The zero-order chi connectivity index (χ0) is 13.0. The number of benzene rings is 1. The van der Waals surface area contributed by atoms with E-state index in [1.165, 1.54) is 0 Å². The molecule has 2 aromatic rings. The van der Waals surface area contributed by atoms with Gasteiger partial charge in [-0.15, -0.1) is 0 Å². The van der Waals surface area contributed by atoms with Crippen LogP contribution in [0.1, 0.15) is 0 Å². The Morgan fingerprint density at radius 2 is 1.94 bits per heavy atom. The van der Waals surface area contributed by atoms with Crippen LogP contribution in [-0.4, -0.2) is 32.3 Å². The van der Waals surface area contributed by atoms with E-state index in [1.807, 2.05) is 18.2 Å². The summed E-state index contributed by atoms with van der Waals surface area (Å²) in [5, 5.41) is 4.25. The Morgan fingerprint density at radius 1 is 1.22 bits per heavy atom. The number of pyridine rings is 1. The highest BCUT2D eigenvalue weighted by Crippen LogP contribution is 2.34. The molecule has 0 spiro atoms. The van der Waals surface area contributed by atoms with Crippen molar-refractivity contribution in [2.24, 2.45) is 5.73 Å². The predicted octanol–water partition coefficient (Wildman–Crippen LogP) is 1.62. The Morgan fingerprint density at radius 3 is 2.61 bits per heavy atom. The minimum Gasteiger partial charge on any atom is -0.493 e. The summed E-state index contributed by atoms with van der Waals surface area (Å²) < 4.78 is 10.6. The Balaban J connectivity index is 2.54. The molecule has 2 rings (SSSR count). The van der Waals surface area contributed by atoms with Crippen LogP contribution in [0.2, 0.25) is 0 Å². The summed E-state index contributed by atoms with van der Waals surface area (Å²) >= 11 is 0. The number of hydrogen-bond donors (Lipinski definition) is 2. The monoisotopic (exact) mass is 247 g/mol. The van der Waals surface area contributed by atoms with Crippen LogP contribution >= 0.6 is 0 Å². The van der Waals surface area contributed by atoms with Gasteiger partial charge in [-0.1, -0.05) is 0 Å². The maximum atomic E-state index is 5.50. The molecule has 0 bridgehead atoms. The van der Waals surface area contributed by atoms with Crippen molar-refractivity contribution >= 4 is 16.6 Å². The molecule has 5 heteroatoms. The number of hydrogen-bond acceptors (Lipinski definition) is 5. The van der Waals surface area contributed by atoms with Crippen molar-refractivity contribution in [2.75, 3.05) is 32.6 Å². The standard InChI is InChI=1S/C13H17N3O2/c1-17-12-7-9-10(16-6-4-14)3-5-15-11(9)8-13(12)18-2/h3,5,7-8H,4,6,14H2,1-2H3,(H,15,16). The van der Waals surface area contributed by atoms with Crippen LogP contribution in [-0.2, 0) is 0 Å². The van der Waals surface area contributed by atoms with Crippen LogP contribution in [0.15, 0.2) is 24.4 Å². The molecule has 3 N–H and O–H groups in total. The zero-order valence-corrected chi connectivity index (χ0v) is 10.6. The van der Waals surface area contributed by atoms with Crippen molar-refractivity contribution in [3.8, 4) is 11.5 Å². The second-order valence-corrected chi connectivity index (χ2v) is 3.80. The average Bonchev–Trinajstić information content (AvgIpc) is 2.43. The molecule has 18 heavy (non-hydrogen) atoms. The normalized spacial score (nSPS) is 10.4. The molecule has 96 valence electrons. The van der Waals surface area contributed by atoms with E-state index in [9.17, 15) is 0 Å². The molecule has 0 amide bonds. The fourth-order valence-corrected chi connectivity index (χ4v) is 1.83. The fraction of sp³-hybridized carbons (Fsp3) is 0.308. The summed E-state index contributed by atoms with van der Waals surface area (Å²) in [5.41, 5.74) is 7.35. The van der Waals surface area contributed by atoms with Crippen molar-refractivity contribution in [1.29, 1.82) is 0 Å². The molecule has 0 radical (unpaired) electrons. The number of fused-ring (bicyclic) bond motifs is 1. The van der Waals surface area contributed by atoms with Crippen LogP contribution < -0.4 is 20.5 Å². The second-order valence-electron chi connectivity index (χ2n) is 3.80. The Bertz CT molecular complexity index is 543. The number of methoxy groups -OCH3 is 2. The first-order valence-electron chi connectivity index (χ1n) is 5.75. The molecule has 1 aromatic carbocycles. The van der Waals surface area contributed by atoms with Crippen LogP contribution in [0.3, 0.4) is 0 Å². The van der Waals surface area contributed by atoms with Gasteiger partial charge < -0.3 is 20.5 Å². The molecule has 0 aliphatic heterocycles. The van der Waals surface area contributed by atoms with Gasteiger partial charge in [0.2, 0.25) is 0 Å². The molecule has 0 atom stereocenters. The van der Waals surface area contributed by atoms with E-state index in [-0.39, 0.29) is 0 Å². The summed E-state index contributed by atoms with van der Waals surface area (Å²) in [5.74, 6) is 1.36. The third-order valence-electron chi connectivity index (χ3n) is 2.71. The summed E-state index contributed by atoms with van der Waals surface area (Å²) in [4.78, 5) is 4.33. The Kier molecular flexibility index (Phi) is 3.84. The van der Waals surface area contributed by atoms with Crippen LogP contribution in [0.25, 0.3) is 10.9 Å². The predicted molar refractivity (Wildman–Crippen MR) is 72.4 cm³/mol. The fourth-order valence-electron chi connectivity index (χ4n) is 1.83. The quantitative estimate of drug-likeness (QED) is 0.840. The Hall–Kier alpha value is -2.01. The van der Waals surface area contributed by atoms with E-state index in [0.717, 1.165) is 16.6 Å². The number of nitrogens with one attached hydrogen (secondary N) is 1. The third-order valence-corrected chi connectivity index (χ3v) is 2.71.